The van der Waals surface area contributed by atoms with Crippen LogP contribution in [0.4, 0.5) is 5.82 Å². The molecule has 0 bridgehead atoms. The lowest BCUT2D eigenvalue weighted by Gasteiger charge is -2.31. The summed E-state index contributed by atoms with van der Waals surface area (Å²) >= 11 is 0. The van der Waals surface area contributed by atoms with Crippen LogP contribution in [0.3, 0.4) is 0 Å². The Bertz CT molecular complexity index is 1880. The zero-order chi connectivity index (χ0) is 32.6. The molecule has 0 aliphatic heterocycles. The van der Waals surface area contributed by atoms with Crippen molar-refractivity contribution in [2.24, 2.45) is 7.05 Å². The van der Waals surface area contributed by atoms with Crippen LogP contribution in [0.25, 0.3) is 28.2 Å². The van der Waals surface area contributed by atoms with Gasteiger partial charge < -0.3 is 24.6 Å². The number of hydrogen-bond acceptors (Lipinski definition) is 7. The Morgan fingerprint density at radius 1 is 1.11 bits per heavy atom. The van der Waals surface area contributed by atoms with Crippen molar-refractivity contribution in [2.75, 3.05) is 19.5 Å². The summed E-state index contributed by atoms with van der Waals surface area (Å²) < 4.78 is 9.43. The number of carbonyl (C=O) groups is 1. The van der Waals surface area contributed by atoms with Gasteiger partial charge >= 0.3 is 0 Å². The summed E-state index contributed by atoms with van der Waals surface area (Å²) in [4.78, 5) is 25.1. The number of fused-ring (bicyclic) bond motifs is 1. The first-order chi connectivity index (χ1) is 22.0. The normalized spacial score (nSPS) is 14.1. The van der Waals surface area contributed by atoms with E-state index in [4.69, 9.17) is 14.8 Å². The molecule has 6 rings (SSSR count). The molecule has 46 heavy (non-hydrogen) atoms. The zero-order valence-corrected chi connectivity index (χ0v) is 27.5. The Morgan fingerprint density at radius 2 is 1.89 bits per heavy atom. The number of hydrogen-bond donors (Lipinski definition) is 2. The predicted octanol–water partition coefficient (Wildman–Crippen LogP) is 6.36. The number of ether oxygens (including phenoxy) is 1. The fourth-order valence-corrected chi connectivity index (χ4v) is 6.41. The number of aryl methyl sites for hydroxylation is 2. The van der Waals surface area contributed by atoms with Crippen LogP contribution in [0, 0.1) is 6.92 Å². The molecule has 1 saturated carbocycles. The van der Waals surface area contributed by atoms with E-state index in [0.29, 0.717) is 35.0 Å². The van der Waals surface area contributed by atoms with E-state index >= 15 is 0 Å². The Balaban J connectivity index is 1.39. The third-order valence-corrected chi connectivity index (χ3v) is 9.03. The molecule has 0 radical (unpaired) electrons. The lowest BCUT2D eigenvalue weighted by molar-refractivity contribution is 0.0692. The van der Waals surface area contributed by atoms with Crippen molar-refractivity contribution in [3.8, 4) is 28.3 Å². The first-order valence-electron chi connectivity index (χ1n) is 15.9. The summed E-state index contributed by atoms with van der Waals surface area (Å²) in [7, 11) is 5.47. The molecule has 1 aliphatic rings. The number of nitrogens with one attached hydrogen (secondary N) is 1. The van der Waals surface area contributed by atoms with E-state index < -0.39 is 5.60 Å². The highest BCUT2D eigenvalue weighted by Crippen LogP contribution is 2.35. The smallest absolute Gasteiger partial charge is 0.257 e. The first-order valence-corrected chi connectivity index (χ1v) is 15.9. The van der Waals surface area contributed by atoms with Crippen molar-refractivity contribution in [3.63, 3.8) is 0 Å². The van der Waals surface area contributed by atoms with Crippen LogP contribution in [0.1, 0.15) is 73.3 Å². The maximum absolute atomic E-state index is 13.8. The van der Waals surface area contributed by atoms with Crippen LogP contribution >= 0.6 is 0 Å². The number of carbonyl (C=O) groups excluding carboxylic acids is 1. The van der Waals surface area contributed by atoms with Gasteiger partial charge in [0.05, 0.1) is 24.1 Å². The van der Waals surface area contributed by atoms with E-state index in [1.807, 2.05) is 73.1 Å². The van der Waals surface area contributed by atoms with Crippen molar-refractivity contribution in [1.82, 2.24) is 29.0 Å². The number of aromatic nitrogens is 5. The third kappa shape index (κ3) is 6.09. The summed E-state index contributed by atoms with van der Waals surface area (Å²) in [6.07, 6.45) is 9.26. The van der Waals surface area contributed by atoms with Gasteiger partial charge in [0.2, 0.25) is 0 Å². The van der Waals surface area contributed by atoms with Gasteiger partial charge in [-0.3, -0.25) is 4.79 Å². The van der Waals surface area contributed by atoms with E-state index in [1.165, 1.54) is 6.42 Å². The summed E-state index contributed by atoms with van der Waals surface area (Å²) in [5, 5.41) is 19.5. The molecular weight excluding hydrogens is 578 g/mol. The predicted molar refractivity (Wildman–Crippen MR) is 180 cm³/mol. The summed E-state index contributed by atoms with van der Waals surface area (Å²) in [5.74, 6) is 2.07. The highest BCUT2D eigenvalue weighted by molar-refractivity contribution is 5.99. The number of methoxy groups -OCH3 is 1. The standard InChI is InChI=1S/C36H43N7O3/c1-23-32(25-15-16-29(46-6)28(20-25)35(44)42(5)27-13-8-7-9-14-27)34-39-30(36(2,3)45)21-31(43(34)40-23)38-22-24-11-10-12-26(19-24)33-37-17-18-41(33)4/h10-12,15-21,27,38,45H,7-9,13-14,22H2,1-6H3. The van der Waals surface area contributed by atoms with E-state index in [9.17, 15) is 9.90 Å². The van der Waals surface area contributed by atoms with E-state index in [0.717, 1.165) is 59.5 Å². The highest BCUT2D eigenvalue weighted by atomic mass is 16.5. The molecule has 5 aromatic rings. The second kappa shape index (κ2) is 12.6. The summed E-state index contributed by atoms with van der Waals surface area (Å²) in [5.41, 5.74) is 4.86. The minimum absolute atomic E-state index is 0.0556. The molecule has 0 unspecified atom stereocenters. The van der Waals surface area contributed by atoms with Crippen molar-refractivity contribution in [3.05, 3.63) is 83.4 Å². The van der Waals surface area contributed by atoms with Crippen LogP contribution < -0.4 is 10.1 Å². The molecule has 240 valence electrons. The van der Waals surface area contributed by atoms with Gasteiger partial charge in [-0.15, -0.1) is 0 Å². The van der Waals surface area contributed by atoms with Gasteiger partial charge in [0.25, 0.3) is 5.91 Å². The molecule has 1 amide bonds. The number of amides is 1. The van der Waals surface area contributed by atoms with Crippen molar-refractivity contribution < 1.29 is 14.6 Å². The number of rotatable bonds is 9. The second-order valence-electron chi connectivity index (χ2n) is 12.8. The Hall–Kier alpha value is -4.70. The molecule has 2 N–H and O–H groups in total. The topological polar surface area (TPSA) is 110 Å². The molecule has 0 saturated heterocycles. The maximum Gasteiger partial charge on any atom is 0.257 e. The van der Waals surface area contributed by atoms with Gasteiger partial charge in [-0.25, -0.2) is 9.97 Å². The fourth-order valence-electron chi connectivity index (χ4n) is 6.41. The monoisotopic (exact) mass is 621 g/mol. The number of nitrogens with zero attached hydrogens (tertiary/aromatic N) is 6. The van der Waals surface area contributed by atoms with Crippen LogP contribution in [-0.4, -0.2) is 60.3 Å². The molecule has 2 aromatic carbocycles. The largest absolute Gasteiger partial charge is 0.496 e. The van der Waals surface area contributed by atoms with Gasteiger partial charge in [-0.1, -0.05) is 43.5 Å². The molecule has 1 fully saturated rings. The number of anilines is 1. The third-order valence-electron chi connectivity index (χ3n) is 9.03. The number of benzene rings is 2. The van der Waals surface area contributed by atoms with Crippen LogP contribution in [0.15, 0.2) is 60.9 Å². The first kappa shape index (κ1) is 31.3. The van der Waals surface area contributed by atoms with Crippen LogP contribution in [0.5, 0.6) is 5.75 Å². The quantitative estimate of drug-likeness (QED) is 0.197. The van der Waals surface area contributed by atoms with Crippen LogP contribution in [0.2, 0.25) is 0 Å². The molecule has 1 aliphatic carbocycles. The van der Waals surface area contributed by atoms with Crippen molar-refractivity contribution in [1.29, 1.82) is 0 Å². The van der Waals surface area contributed by atoms with Crippen molar-refractivity contribution in [2.45, 2.75) is 71.1 Å². The van der Waals surface area contributed by atoms with E-state index in [2.05, 4.69) is 22.4 Å². The molecule has 0 atom stereocenters. The lowest BCUT2D eigenvalue weighted by atomic mass is 9.93. The SMILES string of the molecule is COc1ccc(-c2c(C)nn3c(NCc4cccc(-c5nccn5C)c4)cc(C(C)(C)O)nc23)cc1C(=O)N(C)C1CCCCC1. The number of imidazole rings is 1. The second-order valence-corrected chi connectivity index (χ2v) is 12.8. The molecule has 0 spiro atoms. The van der Waals surface area contributed by atoms with E-state index in [1.54, 1.807) is 31.7 Å². The Labute approximate surface area is 270 Å². The molecular formula is C36H43N7O3. The Kier molecular flexibility index (Phi) is 8.57. The van der Waals surface area contributed by atoms with Gasteiger partial charge in [0.15, 0.2) is 5.65 Å². The average molecular weight is 622 g/mol. The molecule has 3 heterocycles. The minimum Gasteiger partial charge on any atom is -0.496 e. The minimum atomic E-state index is -1.20. The molecule has 3 aromatic heterocycles. The fraction of sp³-hybridized carbons (Fsp3) is 0.389. The van der Waals surface area contributed by atoms with Crippen molar-refractivity contribution >= 4 is 17.4 Å². The molecule has 10 heteroatoms. The van der Waals surface area contributed by atoms with Gasteiger partial charge in [-0.2, -0.15) is 9.61 Å². The summed E-state index contributed by atoms with van der Waals surface area (Å²) in [6, 6.07) is 16.0. The van der Waals surface area contributed by atoms with Gasteiger partial charge in [0, 0.05) is 56.3 Å². The average Bonchev–Trinajstić information content (AvgIpc) is 3.64. The van der Waals surface area contributed by atoms with Gasteiger partial charge in [-0.05, 0) is 62.9 Å². The van der Waals surface area contributed by atoms with E-state index in [-0.39, 0.29) is 11.9 Å². The number of aliphatic hydroxyl groups is 1. The summed E-state index contributed by atoms with van der Waals surface area (Å²) in [6.45, 7) is 5.90. The zero-order valence-electron chi connectivity index (χ0n) is 27.5. The lowest BCUT2D eigenvalue weighted by Crippen LogP contribution is -2.38. The molecule has 10 nitrogen and oxygen atoms in total. The highest BCUT2D eigenvalue weighted by Gasteiger charge is 2.27. The van der Waals surface area contributed by atoms with Crippen LogP contribution in [-0.2, 0) is 19.2 Å². The van der Waals surface area contributed by atoms with Gasteiger partial charge in [0.1, 0.15) is 23.0 Å². The Morgan fingerprint density at radius 3 is 2.59 bits per heavy atom. The maximum atomic E-state index is 13.8.